The van der Waals surface area contributed by atoms with Gasteiger partial charge in [-0.2, -0.15) is 4.98 Å². The van der Waals surface area contributed by atoms with Crippen LogP contribution in [0.3, 0.4) is 0 Å². The zero-order valence-corrected chi connectivity index (χ0v) is 17.6. The summed E-state index contributed by atoms with van der Waals surface area (Å²) in [5, 5.41) is 4.19. The van der Waals surface area contributed by atoms with Crippen LogP contribution in [0.4, 0.5) is 26.2 Å². The van der Waals surface area contributed by atoms with Gasteiger partial charge in [0.15, 0.2) is 5.82 Å². The molecule has 158 valence electrons. The molecule has 0 bridgehead atoms. The summed E-state index contributed by atoms with van der Waals surface area (Å²) >= 11 is 0. The van der Waals surface area contributed by atoms with Crippen LogP contribution >= 0.6 is 0 Å². The first kappa shape index (κ1) is 21.4. The van der Waals surface area contributed by atoms with Gasteiger partial charge in [-0.1, -0.05) is 18.6 Å². The van der Waals surface area contributed by atoms with Gasteiger partial charge in [0.2, 0.25) is 5.95 Å². The van der Waals surface area contributed by atoms with Crippen molar-refractivity contribution in [1.82, 2.24) is 14.6 Å². The van der Waals surface area contributed by atoms with E-state index in [1.54, 1.807) is 17.8 Å². The van der Waals surface area contributed by atoms with Gasteiger partial charge in [0.05, 0.1) is 12.2 Å². The minimum atomic E-state index is -2.49. The van der Waals surface area contributed by atoms with Gasteiger partial charge in [-0.3, -0.25) is 4.99 Å². The highest BCUT2D eigenvalue weighted by molar-refractivity contribution is 5.90. The molecule has 2 aromatic heterocycles. The number of hydrogen-bond acceptors (Lipinski definition) is 5. The number of fused-ring (bicyclic) bond motifs is 1. The van der Waals surface area contributed by atoms with Crippen LogP contribution in [0.5, 0.6) is 0 Å². The van der Waals surface area contributed by atoms with E-state index in [9.17, 15) is 8.78 Å². The third kappa shape index (κ3) is 4.64. The molecule has 0 saturated carbocycles. The predicted octanol–water partition coefficient (Wildman–Crippen LogP) is 5.05. The topological polar surface area (TPSA) is 71.8 Å². The summed E-state index contributed by atoms with van der Waals surface area (Å²) in [6.45, 7) is 5.71. The van der Waals surface area contributed by atoms with Crippen LogP contribution in [0.25, 0.3) is 16.6 Å². The summed E-state index contributed by atoms with van der Waals surface area (Å²) in [6, 6.07) is 7.80. The zero-order chi connectivity index (χ0) is 21.8. The molecule has 30 heavy (non-hydrogen) atoms. The minimum absolute atomic E-state index is 0.0251. The molecule has 3 rings (SSSR count). The summed E-state index contributed by atoms with van der Waals surface area (Å²) in [7, 11) is 1.57. The number of anilines is 2. The molecular formula is C22H26F2N6. The Labute approximate surface area is 174 Å². The van der Waals surface area contributed by atoms with Crippen molar-refractivity contribution >= 4 is 29.2 Å². The van der Waals surface area contributed by atoms with Crippen molar-refractivity contribution in [3.05, 3.63) is 47.7 Å². The van der Waals surface area contributed by atoms with E-state index in [-0.39, 0.29) is 5.95 Å². The SMILES string of the molecule is CC/C(C)=C/C=Nc1ccc(-c2ccn3nc(N)nc(N(C)CC(F)F)c23)cc1C. The van der Waals surface area contributed by atoms with Crippen molar-refractivity contribution in [3.63, 3.8) is 0 Å². The van der Waals surface area contributed by atoms with Crippen LogP contribution in [0.15, 0.2) is 47.1 Å². The van der Waals surface area contributed by atoms with Crippen molar-refractivity contribution < 1.29 is 8.78 Å². The molecule has 0 aliphatic heterocycles. The maximum absolute atomic E-state index is 13.0. The van der Waals surface area contributed by atoms with Gasteiger partial charge >= 0.3 is 0 Å². The number of benzene rings is 1. The Morgan fingerprint density at radius 3 is 2.77 bits per heavy atom. The van der Waals surface area contributed by atoms with Gasteiger partial charge < -0.3 is 10.6 Å². The second kappa shape index (κ2) is 9.02. The smallest absolute Gasteiger partial charge is 0.255 e. The highest BCUT2D eigenvalue weighted by Gasteiger charge is 2.19. The molecule has 1 aromatic carbocycles. The van der Waals surface area contributed by atoms with Crippen LogP contribution in [-0.2, 0) is 0 Å². The first-order chi connectivity index (χ1) is 14.3. The fourth-order valence-corrected chi connectivity index (χ4v) is 3.15. The summed E-state index contributed by atoms with van der Waals surface area (Å²) < 4.78 is 27.5. The number of nitrogens with zero attached hydrogens (tertiary/aromatic N) is 5. The first-order valence-corrected chi connectivity index (χ1v) is 9.75. The lowest BCUT2D eigenvalue weighted by Gasteiger charge is -2.19. The average Bonchev–Trinajstić information content (AvgIpc) is 3.11. The van der Waals surface area contributed by atoms with Gasteiger partial charge in [-0.05, 0) is 55.7 Å². The number of nitrogens with two attached hydrogens (primary N) is 1. The molecule has 0 aliphatic rings. The van der Waals surface area contributed by atoms with E-state index in [1.807, 2.05) is 43.5 Å². The first-order valence-electron chi connectivity index (χ1n) is 9.75. The molecule has 6 nitrogen and oxygen atoms in total. The Bertz CT molecular complexity index is 1100. The minimum Gasteiger partial charge on any atom is -0.366 e. The van der Waals surface area contributed by atoms with Crippen molar-refractivity contribution in [2.45, 2.75) is 33.6 Å². The molecule has 0 amide bonds. The van der Waals surface area contributed by atoms with Gasteiger partial charge in [0, 0.05) is 25.0 Å². The van der Waals surface area contributed by atoms with Crippen molar-refractivity contribution in [2.24, 2.45) is 4.99 Å². The van der Waals surface area contributed by atoms with E-state index >= 15 is 0 Å². The van der Waals surface area contributed by atoms with Crippen LogP contribution in [0, 0.1) is 6.92 Å². The molecule has 2 N–H and O–H groups in total. The van der Waals surface area contributed by atoms with Gasteiger partial charge in [0.1, 0.15) is 5.52 Å². The van der Waals surface area contributed by atoms with E-state index in [2.05, 4.69) is 28.9 Å². The number of aliphatic imine (C=N–C) groups is 1. The molecule has 0 spiro atoms. The Morgan fingerprint density at radius 2 is 2.10 bits per heavy atom. The number of aryl methyl sites for hydroxylation is 1. The fraction of sp³-hybridized carbons (Fsp3) is 0.318. The third-order valence-electron chi connectivity index (χ3n) is 4.92. The molecule has 0 aliphatic carbocycles. The molecule has 0 saturated heterocycles. The van der Waals surface area contributed by atoms with Crippen molar-refractivity contribution in [3.8, 4) is 11.1 Å². The highest BCUT2D eigenvalue weighted by atomic mass is 19.3. The lowest BCUT2D eigenvalue weighted by Crippen LogP contribution is -2.26. The van der Waals surface area contributed by atoms with E-state index in [4.69, 9.17) is 5.73 Å². The molecule has 8 heteroatoms. The average molecular weight is 412 g/mol. The van der Waals surface area contributed by atoms with Gasteiger partial charge in [-0.25, -0.2) is 13.3 Å². The maximum Gasteiger partial charge on any atom is 0.255 e. The monoisotopic (exact) mass is 412 g/mol. The van der Waals surface area contributed by atoms with Crippen LogP contribution in [-0.4, -0.2) is 40.8 Å². The maximum atomic E-state index is 13.0. The number of hydrogen-bond donors (Lipinski definition) is 1. The summed E-state index contributed by atoms with van der Waals surface area (Å²) in [5.41, 5.74) is 11.3. The number of allylic oxidation sites excluding steroid dienone is 2. The number of halogens is 2. The fourth-order valence-electron chi connectivity index (χ4n) is 3.15. The van der Waals surface area contributed by atoms with E-state index in [0.29, 0.717) is 11.3 Å². The number of nitrogen functional groups attached to an aromatic ring is 1. The predicted molar refractivity (Wildman–Crippen MR) is 119 cm³/mol. The van der Waals surface area contributed by atoms with Gasteiger partial charge in [0.25, 0.3) is 6.43 Å². The molecule has 2 heterocycles. The van der Waals surface area contributed by atoms with E-state index in [0.717, 1.165) is 28.8 Å². The Balaban J connectivity index is 2.04. The summed E-state index contributed by atoms with van der Waals surface area (Å²) in [6.07, 6.45) is 4.06. The normalized spacial score (nSPS) is 12.4. The molecule has 0 unspecified atom stereocenters. The van der Waals surface area contributed by atoms with Crippen molar-refractivity contribution in [2.75, 3.05) is 24.2 Å². The quantitative estimate of drug-likeness (QED) is 0.552. The number of aromatic nitrogens is 3. The summed E-state index contributed by atoms with van der Waals surface area (Å²) in [4.78, 5) is 10.2. The highest BCUT2D eigenvalue weighted by Crippen LogP contribution is 2.34. The molecular weight excluding hydrogens is 386 g/mol. The molecule has 0 fully saturated rings. The Kier molecular flexibility index (Phi) is 6.44. The second-order valence-electron chi connectivity index (χ2n) is 7.23. The number of rotatable bonds is 7. The number of alkyl halides is 2. The zero-order valence-electron chi connectivity index (χ0n) is 17.6. The third-order valence-corrected chi connectivity index (χ3v) is 4.92. The lowest BCUT2D eigenvalue weighted by molar-refractivity contribution is 0.156. The largest absolute Gasteiger partial charge is 0.366 e. The molecule has 0 atom stereocenters. The standard InChI is InChI=1S/C22H26F2N6/c1-5-14(2)8-10-26-18-7-6-16(12-15(18)3)17-9-11-30-20(17)21(27-22(25)28-30)29(4)13-19(23)24/h6-12,19H,5,13H2,1-4H3,(H2,25,28)/b14-8+,26-10?. The van der Waals surface area contributed by atoms with E-state index in [1.165, 1.54) is 10.5 Å². The van der Waals surface area contributed by atoms with Crippen molar-refractivity contribution in [1.29, 1.82) is 0 Å². The van der Waals surface area contributed by atoms with E-state index < -0.39 is 13.0 Å². The van der Waals surface area contributed by atoms with Gasteiger partial charge in [-0.15, -0.1) is 5.10 Å². The Morgan fingerprint density at radius 1 is 1.33 bits per heavy atom. The molecule has 3 aromatic rings. The molecule has 0 radical (unpaired) electrons. The lowest BCUT2D eigenvalue weighted by atomic mass is 10.0. The van der Waals surface area contributed by atoms with Crippen LogP contribution in [0.2, 0.25) is 0 Å². The van der Waals surface area contributed by atoms with Crippen LogP contribution in [0.1, 0.15) is 25.8 Å². The summed E-state index contributed by atoms with van der Waals surface area (Å²) in [5.74, 6) is 0.389. The second-order valence-corrected chi connectivity index (χ2v) is 7.23. The Hall–Kier alpha value is -3.29. The van der Waals surface area contributed by atoms with Crippen LogP contribution < -0.4 is 10.6 Å².